The van der Waals surface area contributed by atoms with Crippen LogP contribution in [0.3, 0.4) is 0 Å². The van der Waals surface area contributed by atoms with E-state index in [0.717, 1.165) is 11.1 Å². The lowest BCUT2D eigenvalue weighted by molar-refractivity contribution is -0.172. The van der Waals surface area contributed by atoms with Crippen molar-refractivity contribution in [3.8, 4) is 0 Å². The lowest BCUT2D eigenvalue weighted by atomic mass is 10.1. The number of benzene rings is 2. The second kappa shape index (κ2) is 9.62. The molecule has 1 heterocycles. The van der Waals surface area contributed by atoms with Gasteiger partial charge in [-0.15, -0.1) is 0 Å². The monoisotopic (exact) mass is 372 g/mol. The molecule has 1 fully saturated rings. The van der Waals surface area contributed by atoms with Crippen LogP contribution in [-0.2, 0) is 37.0 Å². The van der Waals surface area contributed by atoms with E-state index in [-0.39, 0.29) is 6.61 Å². The number of hydrogen-bond acceptors (Lipinski definition) is 6. The highest BCUT2D eigenvalue weighted by atomic mass is 16.7. The molecule has 1 saturated heterocycles. The number of carbonyl (C=O) groups excluding carboxylic acids is 1. The molecule has 0 amide bonds. The molecule has 1 aliphatic heterocycles. The first-order valence-electron chi connectivity index (χ1n) is 8.91. The fourth-order valence-electron chi connectivity index (χ4n) is 2.99. The molecule has 144 valence electrons. The summed E-state index contributed by atoms with van der Waals surface area (Å²) in [7, 11) is 0. The number of aliphatic hydroxyl groups is 1. The molecule has 0 aliphatic carbocycles. The van der Waals surface area contributed by atoms with Crippen molar-refractivity contribution in [1.29, 1.82) is 0 Å². The van der Waals surface area contributed by atoms with Crippen molar-refractivity contribution in [3.63, 3.8) is 0 Å². The highest BCUT2D eigenvalue weighted by molar-refractivity contribution is 5.66. The zero-order valence-electron chi connectivity index (χ0n) is 15.2. The van der Waals surface area contributed by atoms with Crippen molar-refractivity contribution in [3.05, 3.63) is 71.8 Å². The van der Waals surface area contributed by atoms with Gasteiger partial charge in [-0.2, -0.15) is 0 Å². The fraction of sp³-hybridized carbons (Fsp3) is 0.381. The van der Waals surface area contributed by atoms with Crippen LogP contribution in [0.5, 0.6) is 0 Å². The van der Waals surface area contributed by atoms with Gasteiger partial charge in [0, 0.05) is 6.92 Å². The molecule has 0 saturated carbocycles. The summed E-state index contributed by atoms with van der Waals surface area (Å²) >= 11 is 0. The van der Waals surface area contributed by atoms with E-state index >= 15 is 0 Å². The number of ether oxygens (including phenoxy) is 4. The van der Waals surface area contributed by atoms with E-state index in [4.69, 9.17) is 18.9 Å². The first-order chi connectivity index (χ1) is 13.1. The quantitative estimate of drug-likeness (QED) is 0.718. The van der Waals surface area contributed by atoms with Crippen LogP contribution in [0.2, 0.25) is 0 Å². The minimum absolute atomic E-state index is 0.211. The van der Waals surface area contributed by atoms with E-state index in [1.54, 1.807) is 0 Å². The Kier molecular flexibility index (Phi) is 6.95. The minimum atomic E-state index is -1.25. The lowest BCUT2D eigenvalue weighted by Gasteiger charge is -2.23. The molecular weight excluding hydrogens is 348 g/mol. The van der Waals surface area contributed by atoms with E-state index in [2.05, 4.69) is 0 Å². The Hall–Kier alpha value is -2.25. The molecule has 0 spiro atoms. The predicted molar refractivity (Wildman–Crippen MR) is 97.6 cm³/mol. The van der Waals surface area contributed by atoms with Gasteiger partial charge in [0.05, 0.1) is 19.8 Å². The summed E-state index contributed by atoms with van der Waals surface area (Å²) in [6.45, 7) is 2.23. The van der Waals surface area contributed by atoms with Gasteiger partial charge >= 0.3 is 5.97 Å². The zero-order chi connectivity index (χ0) is 19.1. The Morgan fingerprint density at radius 2 is 1.56 bits per heavy atom. The van der Waals surface area contributed by atoms with E-state index in [1.165, 1.54) is 6.92 Å². The smallest absolute Gasteiger partial charge is 0.303 e. The lowest BCUT2D eigenvalue weighted by Crippen LogP contribution is -2.40. The first-order valence-corrected chi connectivity index (χ1v) is 8.91. The highest BCUT2D eigenvalue weighted by Crippen LogP contribution is 2.27. The van der Waals surface area contributed by atoms with Gasteiger partial charge in [0.1, 0.15) is 12.2 Å². The summed E-state index contributed by atoms with van der Waals surface area (Å²) in [4.78, 5) is 11.4. The normalized spacial score (nSPS) is 24.7. The molecule has 6 nitrogen and oxygen atoms in total. The molecule has 6 heteroatoms. The SMILES string of the molecule is CC(=O)O[C@H]1C(O)O[C@H](COCc2ccccc2)[C@@H]1OCc1ccccc1. The van der Waals surface area contributed by atoms with Gasteiger partial charge < -0.3 is 24.1 Å². The Morgan fingerprint density at radius 1 is 0.963 bits per heavy atom. The average Bonchev–Trinajstić information content (AvgIpc) is 2.96. The van der Waals surface area contributed by atoms with E-state index in [9.17, 15) is 9.90 Å². The third-order valence-corrected chi connectivity index (χ3v) is 4.27. The van der Waals surface area contributed by atoms with Crippen LogP contribution in [0.15, 0.2) is 60.7 Å². The van der Waals surface area contributed by atoms with Gasteiger partial charge in [0.25, 0.3) is 0 Å². The highest BCUT2D eigenvalue weighted by Gasteiger charge is 2.47. The van der Waals surface area contributed by atoms with Gasteiger partial charge in [-0.3, -0.25) is 4.79 Å². The van der Waals surface area contributed by atoms with Gasteiger partial charge in [0.2, 0.25) is 0 Å². The molecule has 1 unspecified atom stereocenters. The van der Waals surface area contributed by atoms with Crippen LogP contribution < -0.4 is 0 Å². The Labute approximate surface area is 158 Å². The first kappa shape index (κ1) is 19.5. The van der Waals surface area contributed by atoms with Crippen LogP contribution in [0.1, 0.15) is 18.1 Å². The van der Waals surface area contributed by atoms with Crippen molar-refractivity contribution >= 4 is 5.97 Å². The van der Waals surface area contributed by atoms with Crippen molar-refractivity contribution in [1.82, 2.24) is 0 Å². The molecule has 0 aromatic heterocycles. The standard InChI is InChI=1S/C21H24O6/c1-15(22)26-20-19(25-13-17-10-6-3-7-11-17)18(27-21(20)23)14-24-12-16-8-4-2-5-9-16/h2-11,18-21,23H,12-14H2,1H3/t18-,19+,20-,21?/m1/s1. The van der Waals surface area contributed by atoms with Gasteiger partial charge in [-0.25, -0.2) is 0 Å². The molecule has 2 aromatic carbocycles. The maximum absolute atomic E-state index is 11.4. The van der Waals surface area contributed by atoms with E-state index < -0.39 is 30.6 Å². The van der Waals surface area contributed by atoms with Crippen molar-refractivity contribution < 1.29 is 28.8 Å². The third kappa shape index (κ3) is 5.61. The number of aliphatic hydroxyl groups excluding tert-OH is 1. The van der Waals surface area contributed by atoms with Crippen LogP contribution in [-0.4, -0.2) is 42.3 Å². The Bertz CT molecular complexity index is 705. The summed E-state index contributed by atoms with van der Waals surface area (Å²) in [5.41, 5.74) is 2.01. The zero-order valence-corrected chi connectivity index (χ0v) is 15.2. The van der Waals surface area contributed by atoms with Crippen LogP contribution in [0.4, 0.5) is 0 Å². The van der Waals surface area contributed by atoms with Crippen molar-refractivity contribution in [2.75, 3.05) is 6.61 Å². The summed E-state index contributed by atoms with van der Waals surface area (Å²) in [5, 5.41) is 10.2. The predicted octanol–water partition coefficient (Wildman–Crippen LogP) is 2.44. The molecule has 4 atom stereocenters. The summed E-state index contributed by atoms with van der Waals surface area (Å²) in [6, 6.07) is 19.4. The molecule has 1 aliphatic rings. The van der Waals surface area contributed by atoms with Crippen LogP contribution in [0, 0.1) is 0 Å². The van der Waals surface area contributed by atoms with Gasteiger partial charge in [-0.1, -0.05) is 60.7 Å². The average molecular weight is 372 g/mol. The second-order valence-electron chi connectivity index (χ2n) is 6.40. The topological polar surface area (TPSA) is 74.2 Å². The van der Waals surface area contributed by atoms with Gasteiger partial charge in [-0.05, 0) is 11.1 Å². The van der Waals surface area contributed by atoms with Crippen LogP contribution >= 0.6 is 0 Å². The number of carbonyl (C=O) groups is 1. The fourth-order valence-corrected chi connectivity index (χ4v) is 2.99. The molecule has 0 bridgehead atoms. The van der Waals surface area contributed by atoms with Crippen molar-refractivity contribution in [2.24, 2.45) is 0 Å². The molecular formula is C21H24O6. The Morgan fingerprint density at radius 3 is 2.15 bits per heavy atom. The molecule has 3 rings (SSSR count). The maximum Gasteiger partial charge on any atom is 0.303 e. The number of esters is 1. The van der Waals surface area contributed by atoms with E-state index in [1.807, 2.05) is 60.7 Å². The van der Waals surface area contributed by atoms with E-state index in [0.29, 0.717) is 13.2 Å². The minimum Gasteiger partial charge on any atom is -0.454 e. The molecule has 0 radical (unpaired) electrons. The molecule has 1 N–H and O–H groups in total. The number of hydrogen-bond donors (Lipinski definition) is 1. The van der Waals surface area contributed by atoms with Gasteiger partial charge in [0.15, 0.2) is 12.4 Å². The van der Waals surface area contributed by atoms with Crippen molar-refractivity contribution in [2.45, 2.75) is 44.7 Å². The molecule has 27 heavy (non-hydrogen) atoms. The Balaban J connectivity index is 1.61. The second-order valence-corrected chi connectivity index (χ2v) is 6.40. The summed E-state index contributed by atoms with van der Waals surface area (Å²) in [5.74, 6) is -0.498. The summed E-state index contributed by atoms with van der Waals surface area (Å²) < 4.78 is 22.4. The largest absolute Gasteiger partial charge is 0.454 e. The van der Waals surface area contributed by atoms with Crippen LogP contribution in [0.25, 0.3) is 0 Å². The molecule has 2 aromatic rings. The number of rotatable bonds is 8. The third-order valence-electron chi connectivity index (χ3n) is 4.27. The summed E-state index contributed by atoms with van der Waals surface area (Å²) in [6.07, 6.45) is -3.31. The maximum atomic E-state index is 11.4.